The molecule has 0 aliphatic carbocycles. The Kier molecular flexibility index (Phi) is 4.35. The van der Waals surface area contributed by atoms with Gasteiger partial charge in [0.15, 0.2) is 0 Å². The third kappa shape index (κ3) is 2.90. The average molecular weight is 332 g/mol. The normalized spacial score (nSPS) is 12.4. The van der Waals surface area contributed by atoms with Gasteiger partial charge in [-0.1, -0.05) is 28.9 Å². The number of hydrogen-bond acceptors (Lipinski definition) is 2. The fraction of sp³-hybridized carbons (Fsp3) is 0.231. The van der Waals surface area contributed by atoms with Crippen molar-refractivity contribution in [2.45, 2.75) is 19.4 Å². The van der Waals surface area contributed by atoms with E-state index in [1.807, 2.05) is 24.4 Å². The van der Waals surface area contributed by atoms with Gasteiger partial charge in [0.25, 0.3) is 0 Å². The third-order valence-corrected chi connectivity index (χ3v) is 4.06. The zero-order valence-electron chi connectivity index (χ0n) is 9.71. The van der Waals surface area contributed by atoms with Crippen molar-refractivity contribution in [2.75, 3.05) is 5.32 Å². The van der Waals surface area contributed by atoms with Crippen LogP contribution in [0.2, 0.25) is 0 Å². The largest absolute Gasteiger partial charge is 0.373 e. The Morgan fingerprint density at radius 1 is 1.33 bits per heavy atom. The average Bonchev–Trinajstić information content (AvgIpc) is 2.81. The van der Waals surface area contributed by atoms with E-state index in [1.54, 1.807) is 11.3 Å². The van der Waals surface area contributed by atoms with Gasteiger partial charge in [0.05, 0.1) is 6.04 Å². The molecule has 2 rings (SSSR count). The second kappa shape index (κ2) is 5.80. The molecule has 1 aromatic carbocycles. The van der Waals surface area contributed by atoms with Gasteiger partial charge in [-0.15, -0.1) is 11.3 Å². The fourth-order valence-electron chi connectivity index (χ4n) is 1.72. The van der Waals surface area contributed by atoms with Crippen molar-refractivity contribution >= 4 is 33.0 Å². The van der Waals surface area contributed by atoms with Crippen molar-refractivity contribution in [1.29, 1.82) is 0 Å². The maximum absolute atomic E-state index is 13.7. The van der Waals surface area contributed by atoms with Crippen LogP contribution >= 0.6 is 27.3 Å². The van der Waals surface area contributed by atoms with Crippen LogP contribution in [0.25, 0.3) is 0 Å². The quantitative estimate of drug-likeness (QED) is 0.796. The Bertz CT molecular complexity index is 505. The first-order chi connectivity index (χ1) is 8.61. The van der Waals surface area contributed by atoms with Crippen LogP contribution in [0, 0.1) is 11.6 Å². The van der Waals surface area contributed by atoms with Crippen molar-refractivity contribution in [3.05, 3.63) is 50.6 Å². The molecule has 0 aliphatic heterocycles. The summed E-state index contributed by atoms with van der Waals surface area (Å²) in [6.07, 6.45) is 0.759. The molecule has 1 atom stereocenters. The third-order valence-electron chi connectivity index (χ3n) is 2.62. The first-order valence-electron chi connectivity index (χ1n) is 5.56. The van der Waals surface area contributed by atoms with Crippen molar-refractivity contribution < 1.29 is 8.78 Å². The van der Waals surface area contributed by atoms with Crippen LogP contribution in [-0.4, -0.2) is 0 Å². The Morgan fingerprint density at radius 3 is 2.50 bits per heavy atom. The lowest BCUT2D eigenvalue weighted by atomic mass is 10.1. The number of hydrogen-bond donors (Lipinski definition) is 1. The molecule has 0 amide bonds. The molecule has 1 N–H and O–H groups in total. The zero-order valence-corrected chi connectivity index (χ0v) is 12.1. The second-order valence-electron chi connectivity index (χ2n) is 3.87. The van der Waals surface area contributed by atoms with Gasteiger partial charge in [0, 0.05) is 9.35 Å². The molecule has 0 saturated carbocycles. The Balaban J connectivity index is 2.28. The molecule has 0 bridgehead atoms. The monoisotopic (exact) mass is 331 g/mol. The first-order valence-corrected chi connectivity index (χ1v) is 7.23. The van der Waals surface area contributed by atoms with Gasteiger partial charge in [-0.05, 0) is 30.0 Å². The molecule has 1 heterocycles. The Hall–Kier alpha value is -0.940. The lowest BCUT2D eigenvalue weighted by Crippen LogP contribution is -2.11. The van der Waals surface area contributed by atoms with Crippen molar-refractivity contribution in [3.8, 4) is 0 Å². The Morgan fingerprint density at radius 2 is 2.00 bits per heavy atom. The van der Waals surface area contributed by atoms with E-state index in [0.29, 0.717) is 4.47 Å². The maximum atomic E-state index is 13.7. The summed E-state index contributed by atoms with van der Waals surface area (Å²) < 4.78 is 27.8. The minimum atomic E-state index is -0.586. The predicted molar refractivity (Wildman–Crippen MR) is 75.0 cm³/mol. The molecule has 0 spiro atoms. The maximum Gasteiger partial charge on any atom is 0.150 e. The van der Waals surface area contributed by atoms with E-state index in [-0.39, 0.29) is 11.7 Å². The lowest BCUT2D eigenvalue weighted by molar-refractivity contribution is 0.580. The number of benzene rings is 1. The van der Waals surface area contributed by atoms with Crippen LogP contribution in [0.5, 0.6) is 0 Å². The topological polar surface area (TPSA) is 12.0 Å². The summed E-state index contributed by atoms with van der Waals surface area (Å²) in [5.74, 6) is -1.17. The van der Waals surface area contributed by atoms with Gasteiger partial charge in [0.2, 0.25) is 0 Å². The summed E-state index contributed by atoms with van der Waals surface area (Å²) in [4.78, 5) is 1.07. The second-order valence-corrected chi connectivity index (χ2v) is 5.76. The van der Waals surface area contributed by atoms with Gasteiger partial charge in [0.1, 0.15) is 17.3 Å². The molecule has 0 aliphatic rings. The summed E-state index contributed by atoms with van der Waals surface area (Å²) in [6, 6.07) is 6.33. The highest BCUT2D eigenvalue weighted by molar-refractivity contribution is 9.10. The van der Waals surface area contributed by atoms with E-state index in [1.165, 1.54) is 12.1 Å². The highest BCUT2D eigenvalue weighted by atomic mass is 79.9. The van der Waals surface area contributed by atoms with Gasteiger partial charge in [-0.25, -0.2) is 8.78 Å². The molecule has 5 heteroatoms. The van der Waals surface area contributed by atoms with E-state index in [9.17, 15) is 8.78 Å². The number of anilines is 1. The van der Waals surface area contributed by atoms with Crippen LogP contribution in [0.4, 0.5) is 14.5 Å². The van der Waals surface area contributed by atoms with Crippen molar-refractivity contribution in [1.82, 2.24) is 0 Å². The summed E-state index contributed by atoms with van der Waals surface area (Å²) >= 11 is 4.64. The van der Waals surface area contributed by atoms with E-state index in [0.717, 1.165) is 11.3 Å². The molecule has 2 aromatic rings. The number of nitrogens with one attached hydrogen (secondary N) is 1. The van der Waals surface area contributed by atoms with Gasteiger partial charge in [-0.2, -0.15) is 0 Å². The van der Waals surface area contributed by atoms with Crippen molar-refractivity contribution in [2.24, 2.45) is 0 Å². The molecule has 1 aromatic heterocycles. The van der Waals surface area contributed by atoms with Crippen LogP contribution in [0.1, 0.15) is 24.3 Å². The number of halogens is 3. The van der Waals surface area contributed by atoms with E-state index in [4.69, 9.17) is 0 Å². The number of rotatable bonds is 4. The lowest BCUT2D eigenvalue weighted by Gasteiger charge is -2.18. The highest BCUT2D eigenvalue weighted by Gasteiger charge is 2.16. The minimum Gasteiger partial charge on any atom is -0.373 e. The van der Waals surface area contributed by atoms with Gasteiger partial charge < -0.3 is 5.32 Å². The minimum absolute atomic E-state index is 0.0709. The standard InChI is InChI=1S/C13H12BrF2NS/c1-2-11(12-4-3-5-18-12)17-13-9(15)6-8(14)7-10(13)16/h3-7,11,17H,2H2,1H3. The SMILES string of the molecule is CCC(Nc1c(F)cc(Br)cc1F)c1cccs1. The summed E-state index contributed by atoms with van der Waals surface area (Å²) in [6.45, 7) is 1.98. The summed E-state index contributed by atoms with van der Waals surface area (Å²) in [7, 11) is 0. The first kappa shape index (κ1) is 13.5. The van der Waals surface area contributed by atoms with Crippen molar-refractivity contribution in [3.63, 3.8) is 0 Å². The van der Waals surface area contributed by atoms with Crippen LogP contribution < -0.4 is 5.32 Å². The molecule has 1 nitrogen and oxygen atoms in total. The molecule has 0 saturated heterocycles. The smallest absolute Gasteiger partial charge is 0.150 e. The zero-order chi connectivity index (χ0) is 13.1. The van der Waals surface area contributed by atoms with Crippen LogP contribution in [-0.2, 0) is 0 Å². The Labute approximate surface area is 117 Å². The highest BCUT2D eigenvalue weighted by Crippen LogP contribution is 2.30. The van der Waals surface area contributed by atoms with E-state index in [2.05, 4.69) is 21.2 Å². The molecule has 96 valence electrons. The van der Waals surface area contributed by atoms with Gasteiger partial charge >= 0.3 is 0 Å². The molecule has 0 fully saturated rings. The van der Waals surface area contributed by atoms with E-state index >= 15 is 0 Å². The summed E-state index contributed by atoms with van der Waals surface area (Å²) in [5.41, 5.74) is -0.0709. The van der Waals surface area contributed by atoms with Gasteiger partial charge in [-0.3, -0.25) is 0 Å². The number of thiophene rings is 1. The predicted octanol–water partition coefficient (Wildman–Crippen LogP) is 5.35. The molecule has 18 heavy (non-hydrogen) atoms. The molecule has 1 unspecified atom stereocenters. The molecule has 0 radical (unpaired) electrons. The van der Waals surface area contributed by atoms with Crippen LogP contribution in [0.3, 0.4) is 0 Å². The summed E-state index contributed by atoms with van der Waals surface area (Å²) in [5, 5.41) is 4.89. The van der Waals surface area contributed by atoms with E-state index < -0.39 is 11.6 Å². The van der Waals surface area contributed by atoms with Crippen LogP contribution in [0.15, 0.2) is 34.1 Å². The molecular formula is C13H12BrF2NS. The fourth-order valence-corrected chi connectivity index (χ4v) is 2.98. The molecular weight excluding hydrogens is 320 g/mol.